The number of nitrogens with zero attached hydrogens (tertiary/aromatic N) is 1. The van der Waals surface area contributed by atoms with Gasteiger partial charge in [0.1, 0.15) is 34.5 Å². The van der Waals surface area contributed by atoms with Crippen molar-refractivity contribution >= 4 is 5.97 Å². The summed E-state index contributed by atoms with van der Waals surface area (Å²) in [5.74, 6) is 0.868. The minimum absolute atomic E-state index is 0.0416. The zero-order valence-corrected chi connectivity index (χ0v) is 19.5. The third-order valence-electron chi connectivity index (χ3n) is 5.55. The SMILES string of the molecule is CCOc1ccccc1C(=O)Oc1ccc2c(c1)OC(N)=C(C#N)C2c1cccc(OC)c1OC. The zero-order valence-electron chi connectivity index (χ0n) is 19.5. The molecule has 1 aliphatic rings. The molecule has 1 aliphatic heterocycles. The number of rotatable bonds is 7. The molecule has 4 rings (SSSR count). The third-order valence-corrected chi connectivity index (χ3v) is 5.55. The molecule has 2 N–H and O–H groups in total. The van der Waals surface area contributed by atoms with Crippen LogP contribution in [-0.4, -0.2) is 26.8 Å². The van der Waals surface area contributed by atoms with Crippen LogP contribution in [0.15, 0.2) is 72.1 Å². The first-order valence-electron chi connectivity index (χ1n) is 10.9. The lowest BCUT2D eigenvalue weighted by Crippen LogP contribution is -2.21. The summed E-state index contributed by atoms with van der Waals surface area (Å²) in [7, 11) is 3.07. The Bertz CT molecular complexity index is 1340. The van der Waals surface area contributed by atoms with E-state index in [1.165, 1.54) is 7.11 Å². The van der Waals surface area contributed by atoms with E-state index in [1.807, 2.05) is 19.1 Å². The van der Waals surface area contributed by atoms with Crippen molar-refractivity contribution < 1.29 is 28.5 Å². The molecule has 3 aromatic rings. The van der Waals surface area contributed by atoms with Gasteiger partial charge in [-0.3, -0.25) is 0 Å². The van der Waals surface area contributed by atoms with Gasteiger partial charge in [0.25, 0.3) is 0 Å². The maximum Gasteiger partial charge on any atom is 0.347 e. The van der Waals surface area contributed by atoms with Crippen LogP contribution >= 0.6 is 0 Å². The summed E-state index contributed by atoms with van der Waals surface area (Å²) >= 11 is 0. The fraction of sp³-hybridized carbons (Fsp3) is 0.185. The molecule has 0 aromatic heterocycles. The molecule has 8 heteroatoms. The second-order valence-corrected chi connectivity index (χ2v) is 7.53. The number of para-hydroxylation sites is 2. The highest BCUT2D eigenvalue weighted by atomic mass is 16.5. The molecule has 0 aliphatic carbocycles. The van der Waals surface area contributed by atoms with Crippen molar-refractivity contribution in [2.75, 3.05) is 20.8 Å². The lowest BCUT2D eigenvalue weighted by molar-refractivity contribution is 0.0730. The van der Waals surface area contributed by atoms with Crippen molar-refractivity contribution in [1.82, 2.24) is 0 Å². The van der Waals surface area contributed by atoms with Crippen molar-refractivity contribution in [1.29, 1.82) is 5.26 Å². The number of nitrogens with two attached hydrogens (primary N) is 1. The topological polar surface area (TPSA) is 113 Å². The van der Waals surface area contributed by atoms with Gasteiger partial charge in [-0.15, -0.1) is 0 Å². The van der Waals surface area contributed by atoms with E-state index in [4.69, 9.17) is 29.4 Å². The van der Waals surface area contributed by atoms with Gasteiger partial charge in [0.05, 0.1) is 26.7 Å². The Kier molecular flexibility index (Phi) is 6.78. The molecule has 0 fully saturated rings. The summed E-state index contributed by atoms with van der Waals surface area (Å²) in [5, 5.41) is 9.86. The van der Waals surface area contributed by atoms with E-state index in [0.717, 1.165) is 0 Å². The molecule has 0 saturated heterocycles. The van der Waals surface area contributed by atoms with Crippen LogP contribution in [0.5, 0.6) is 28.7 Å². The molecule has 0 radical (unpaired) electrons. The number of methoxy groups -OCH3 is 2. The third kappa shape index (κ3) is 4.44. The second kappa shape index (κ2) is 10.1. The number of allylic oxidation sites excluding steroid dienone is 1. The van der Waals surface area contributed by atoms with Gasteiger partial charge in [0.2, 0.25) is 5.88 Å². The first-order valence-corrected chi connectivity index (χ1v) is 10.9. The van der Waals surface area contributed by atoms with E-state index in [9.17, 15) is 10.1 Å². The number of ether oxygens (including phenoxy) is 5. The fourth-order valence-corrected chi connectivity index (χ4v) is 4.04. The van der Waals surface area contributed by atoms with Gasteiger partial charge in [-0.2, -0.15) is 5.26 Å². The Morgan fingerprint density at radius 2 is 1.80 bits per heavy atom. The Morgan fingerprint density at radius 1 is 1.03 bits per heavy atom. The van der Waals surface area contributed by atoms with Gasteiger partial charge in [-0.05, 0) is 31.2 Å². The number of carbonyl (C=O) groups excluding carboxylic acids is 1. The fourth-order valence-electron chi connectivity index (χ4n) is 4.04. The summed E-state index contributed by atoms with van der Waals surface area (Å²) in [6, 6.07) is 19.4. The van der Waals surface area contributed by atoms with E-state index < -0.39 is 11.9 Å². The van der Waals surface area contributed by atoms with Crippen LogP contribution in [0, 0.1) is 11.3 Å². The van der Waals surface area contributed by atoms with Crippen molar-refractivity contribution in [3.05, 3.63) is 88.8 Å². The average molecular weight is 472 g/mol. The van der Waals surface area contributed by atoms with Gasteiger partial charge in [-0.25, -0.2) is 4.79 Å². The Hall–Kier alpha value is -4.64. The van der Waals surface area contributed by atoms with Crippen molar-refractivity contribution in [2.24, 2.45) is 5.73 Å². The number of benzene rings is 3. The number of hydrogen-bond acceptors (Lipinski definition) is 8. The first-order chi connectivity index (χ1) is 17.0. The molecule has 178 valence electrons. The maximum absolute atomic E-state index is 12.8. The summed E-state index contributed by atoms with van der Waals surface area (Å²) in [5.41, 5.74) is 8.02. The molecular formula is C27H24N2O6. The predicted octanol–water partition coefficient (Wildman–Crippen LogP) is 4.54. The van der Waals surface area contributed by atoms with Gasteiger partial charge >= 0.3 is 5.97 Å². The van der Waals surface area contributed by atoms with E-state index in [-0.39, 0.29) is 17.2 Å². The lowest BCUT2D eigenvalue weighted by atomic mass is 9.83. The first kappa shape index (κ1) is 23.5. The van der Waals surface area contributed by atoms with Gasteiger partial charge in [0, 0.05) is 17.2 Å². The molecule has 3 aromatic carbocycles. The zero-order chi connectivity index (χ0) is 24.9. The normalized spacial score (nSPS) is 14.3. The Labute approximate surface area is 203 Å². The standard InChI is InChI=1S/C27H24N2O6/c1-4-33-21-10-6-5-8-18(21)27(30)34-16-12-13-17-23(14-16)35-26(29)20(15-28)24(17)19-9-7-11-22(31-2)25(19)32-3/h5-14,24H,4,29H2,1-3H3. The molecule has 35 heavy (non-hydrogen) atoms. The smallest absolute Gasteiger partial charge is 0.347 e. The maximum atomic E-state index is 12.8. The Balaban J connectivity index is 1.73. The molecule has 0 bridgehead atoms. The number of hydrogen-bond donors (Lipinski definition) is 1. The quantitative estimate of drug-likeness (QED) is 0.394. The minimum atomic E-state index is -0.572. The number of esters is 1. The highest BCUT2D eigenvalue weighted by molar-refractivity contribution is 5.94. The largest absolute Gasteiger partial charge is 0.493 e. The molecule has 8 nitrogen and oxygen atoms in total. The van der Waals surface area contributed by atoms with Crippen LogP contribution in [0.4, 0.5) is 0 Å². The second-order valence-electron chi connectivity index (χ2n) is 7.53. The van der Waals surface area contributed by atoms with Crippen LogP contribution < -0.4 is 29.4 Å². The molecule has 0 spiro atoms. The van der Waals surface area contributed by atoms with E-state index in [1.54, 1.807) is 55.6 Å². The minimum Gasteiger partial charge on any atom is -0.493 e. The summed E-state index contributed by atoms with van der Waals surface area (Å²) in [4.78, 5) is 12.8. The number of carbonyl (C=O) groups is 1. The van der Waals surface area contributed by atoms with Gasteiger partial charge in [0.15, 0.2) is 11.5 Å². The number of nitriles is 1. The molecule has 0 saturated carbocycles. The molecule has 0 amide bonds. The predicted molar refractivity (Wildman–Crippen MR) is 128 cm³/mol. The summed E-state index contributed by atoms with van der Waals surface area (Å²) in [6.07, 6.45) is 0. The van der Waals surface area contributed by atoms with Crippen LogP contribution in [0.1, 0.15) is 34.3 Å². The van der Waals surface area contributed by atoms with E-state index in [0.29, 0.717) is 46.3 Å². The Morgan fingerprint density at radius 3 is 2.51 bits per heavy atom. The van der Waals surface area contributed by atoms with Crippen molar-refractivity contribution in [3.8, 4) is 34.8 Å². The lowest BCUT2D eigenvalue weighted by Gasteiger charge is -2.28. The molecular weight excluding hydrogens is 448 g/mol. The van der Waals surface area contributed by atoms with E-state index >= 15 is 0 Å². The molecule has 1 heterocycles. The molecule has 1 unspecified atom stereocenters. The average Bonchev–Trinajstić information content (AvgIpc) is 2.87. The monoisotopic (exact) mass is 472 g/mol. The van der Waals surface area contributed by atoms with Crippen molar-refractivity contribution in [2.45, 2.75) is 12.8 Å². The summed E-state index contributed by atoms with van der Waals surface area (Å²) < 4.78 is 27.9. The van der Waals surface area contributed by atoms with Crippen LogP contribution in [0.25, 0.3) is 0 Å². The van der Waals surface area contributed by atoms with Gasteiger partial charge < -0.3 is 29.4 Å². The number of fused-ring (bicyclic) bond motifs is 1. The highest BCUT2D eigenvalue weighted by Crippen LogP contribution is 2.48. The molecule has 1 atom stereocenters. The van der Waals surface area contributed by atoms with Crippen LogP contribution in [-0.2, 0) is 0 Å². The summed E-state index contributed by atoms with van der Waals surface area (Å²) in [6.45, 7) is 2.25. The van der Waals surface area contributed by atoms with Crippen LogP contribution in [0.3, 0.4) is 0 Å². The van der Waals surface area contributed by atoms with Crippen molar-refractivity contribution in [3.63, 3.8) is 0 Å². The van der Waals surface area contributed by atoms with E-state index in [2.05, 4.69) is 6.07 Å². The van der Waals surface area contributed by atoms with Crippen LogP contribution in [0.2, 0.25) is 0 Å². The highest BCUT2D eigenvalue weighted by Gasteiger charge is 2.34. The van der Waals surface area contributed by atoms with Gasteiger partial charge in [-0.1, -0.05) is 30.3 Å².